The molecule has 1 aliphatic rings. The predicted molar refractivity (Wildman–Crippen MR) is 177 cm³/mol. The molecule has 0 radical (unpaired) electrons. The number of hydrogen-bond donors (Lipinski definition) is 1. The third-order valence-corrected chi connectivity index (χ3v) is 7.72. The van der Waals surface area contributed by atoms with Gasteiger partial charge < -0.3 is 19.5 Å². The molecule has 3 rings (SSSR count). The zero-order valence-electron chi connectivity index (χ0n) is 28.2. The fourth-order valence-corrected chi connectivity index (χ4v) is 6.03. The van der Waals surface area contributed by atoms with E-state index in [9.17, 15) is 19.2 Å². The molecular formula is C37H51NO7. The summed E-state index contributed by atoms with van der Waals surface area (Å²) in [5.41, 5.74) is 3.13. The van der Waals surface area contributed by atoms with E-state index < -0.39 is 18.0 Å². The number of alkyl carbamates (subject to hydrolysis) is 1. The average Bonchev–Trinajstić information content (AvgIpc) is 2.97. The van der Waals surface area contributed by atoms with Crippen LogP contribution in [0.4, 0.5) is 4.79 Å². The first-order chi connectivity index (χ1) is 21.0. The first-order valence-corrected chi connectivity index (χ1v) is 15.7. The summed E-state index contributed by atoms with van der Waals surface area (Å²) < 4.78 is 14.9. The van der Waals surface area contributed by atoms with Crippen LogP contribution in [0, 0.1) is 22.7 Å². The molecule has 0 saturated heterocycles. The molecule has 0 bridgehead atoms. The maximum absolute atomic E-state index is 12.0. The fraction of sp³-hybridized carbons (Fsp3) is 0.514. The van der Waals surface area contributed by atoms with Crippen molar-refractivity contribution in [1.82, 2.24) is 5.32 Å². The van der Waals surface area contributed by atoms with Crippen LogP contribution < -0.4 is 5.32 Å². The van der Waals surface area contributed by atoms with E-state index in [0.717, 1.165) is 24.0 Å². The van der Waals surface area contributed by atoms with Gasteiger partial charge in [-0.2, -0.15) is 0 Å². The normalized spacial score (nSPS) is 18.7. The van der Waals surface area contributed by atoms with Gasteiger partial charge in [0.15, 0.2) is 0 Å². The summed E-state index contributed by atoms with van der Waals surface area (Å²) in [5, 5.41) is 2.86. The van der Waals surface area contributed by atoms with E-state index in [0.29, 0.717) is 34.9 Å². The topological polar surface area (TPSA) is 108 Å². The molecule has 2 aromatic rings. The molecule has 1 fully saturated rings. The Kier molecular flexibility index (Phi) is 14.0. The van der Waals surface area contributed by atoms with Crippen molar-refractivity contribution in [3.05, 3.63) is 77.4 Å². The van der Waals surface area contributed by atoms with Crippen molar-refractivity contribution in [1.29, 1.82) is 0 Å². The third-order valence-electron chi connectivity index (χ3n) is 7.72. The van der Waals surface area contributed by atoms with E-state index in [4.69, 9.17) is 14.2 Å². The number of nitrogens with one attached hydrogen (secondary N) is 1. The van der Waals surface area contributed by atoms with Gasteiger partial charge in [0.1, 0.15) is 13.2 Å². The Morgan fingerprint density at radius 1 is 0.867 bits per heavy atom. The number of carbonyl (C=O) groups excluding carboxylic acids is 4. The molecule has 0 aliphatic heterocycles. The number of esters is 3. The van der Waals surface area contributed by atoms with Gasteiger partial charge >= 0.3 is 24.0 Å². The van der Waals surface area contributed by atoms with Crippen molar-refractivity contribution < 1.29 is 33.4 Å². The smallest absolute Gasteiger partial charge is 0.407 e. The molecule has 1 aliphatic carbocycles. The fourth-order valence-electron chi connectivity index (χ4n) is 6.03. The van der Waals surface area contributed by atoms with Crippen LogP contribution in [0.25, 0.3) is 6.08 Å². The van der Waals surface area contributed by atoms with Crippen LogP contribution in [0.3, 0.4) is 0 Å². The Labute approximate surface area is 268 Å². The summed E-state index contributed by atoms with van der Waals surface area (Å²) in [6.45, 7) is 21.2. The molecular weight excluding hydrogens is 570 g/mol. The Hall–Kier alpha value is -3.94. The van der Waals surface area contributed by atoms with E-state index in [1.807, 2.05) is 12.1 Å². The monoisotopic (exact) mass is 621 g/mol. The largest absolute Gasteiger partial charge is 0.462 e. The van der Waals surface area contributed by atoms with Gasteiger partial charge in [-0.15, -0.1) is 0 Å². The van der Waals surface area contributed by atoms with Gasteiger partial charge in [-0.25, -0.2) is 14.4 Å². The molecule has 8 heteroatoms. The van der Waals surface area contributed by atoms with Gasteiger partial charge in [-0.05, 0) is 77.3 Å². The molecule has 2 atom stereocenters. The lowest BCUT2D eigenvalue weighted by molar-refractivity contribution is -0.148. The van der Waals surface area contributed by atoms with Crippen LogP contribution in [0.2, 0.25) is 0 Å². The van der Waals surface area contributed by atoms with E-state index in [-0.39, 0.29) is 30.5 Å². The van der Waals surface area contributed by atoms with Crippen LogP contribution in [-0.2, 0) is 19.0 Å². The molecule has 0 heterocycles. The SMILES string of the molecule is C=Cc1ccc(C(=O)OC(=O)c2ccc(C(C)C)cc2)cc1.CC1CC(C)(C)CC(C)(CNC(=O)OCCOC(=O)C(C)C)C1. The predicted octanol–water partition coefficient (Wildman–Crippen LogP) is 8.21. The van der Waals surface area contributed by atoms with Gasteiger partial charge in [0.2, 0.25) is 0 Å². The van der Waals surface area contributed by atoms with E-state index in [2.05, 4.69) is 53.4 Å². The minimum absolute atomic E-state index is 0.0862. The zero-order chi connectivity index (χ0) is 33.8. The van der Waals surface area contributed by atoms with Crippen LogP contribution in [0.1, 0.15) is 112 Å². The van der Waals surface area contributed by atoms with Crippen molar-refractivity contribution in [2.24, 2.45) is 22.7 Å². The minimum Gasteiger partial charge on any atom is -0.462 e. The average molecular weight is 622 g/mol. The summed E-state index contributed by atoms with van der Waals surface area (Å²) in [5.74, 6) is -0.700. The lowest BCUT2D eigenvalue weighted by Crippen LogP contribution is -2.43. The second-order valence-corrected chi connectivity index (χ2v) is 13.8. The van der Waals surface area contributed by atoms with Crippen molar-refractivity contribution in [3.8, 4) is 0 Å². The number of ether oxygens (including phenoxy) is 3. The van der Waals surface area contributed by atoms with E-state index >= 15 is 0 Å². The Morgan fingerprint density at radius 2 is 1.40 bits per heavy atom. The zero-order valence-corrected chi connectivity index (χ0v) is 28.2. The molecule has 45 heavy (non-hydrogen) atoms. The first kappa shape index (κ1) is 37.2. The maximum atomic E-state index is 12.0. The number of benzene rings is 2. The summed E-state index contributed by atoms with van der Waals surface area (Å²) in [7, 11) is 0. The van der Waals surface area contributed by atoms with Crippen molar-refractivity contribution in [2.75, 3.05) is 19.8 Å². The lowest BCUT2D eigenvalue weighted by Gasteiger charge is -2.45. The third kappa shape index (κ3) is 12.9. The molecule has 246 valence electrons. The summed E-state index contributed by atoms with van der Waals surface area (Å²) in [6.07, 6.45) is 4.67. The molecule has 8 nitrogen and oxygen atoms in total. The Bertz CT molecular complexity index is 1300. The minimum atomic E-state index is -0.659. The second-order valence-electron chi connectivity index (χ2n) is 13.8. The second kappa shape index (κ2) is 16.9. The van der Waals surface area contributed by atoms with Crippen LogP contribution >= 0.6 is 0 Å². The Balaban J connectivity index is 0.000000314. The van der Waals surface area contributed by atoms with Crippen molar-refractivity contribution in [2.45, 2.75) is 80.6 Å². The maximum Gasteiger partial charge on any atom is 0.407 e. The lowest BCUT2D eigenvalue weighted by atomic mass is 9.61. The van der Waals surface area contributed by atoms with E-state index in [1.54, 1.807) is 56.3 Å². The number of carbonyl (C=O) groups is 4. The molecule has 0 spiro atoms. The van der Waals surface area contributed by atoms with Crippen molar-refractivity contribution in [3.63, 3.8) is 0 Å². The summed E-state index contributed by atoms with van der Waals surface area (Å²) in [6, 6.07) is 13.8. The molecule has 1 amide bonds. The highest BCUT2D eigenvalue weighted by Crippen LogP contribution is 2.48. The number of hydrogen-bond acceptors (Lipinski definition) is 7. The quantitative estimate of drug-likeness (QED) is 0.123. The first-order valence-electron chi connectivity index (χ1n) is 15.7. The molecule has 1 N–H and O–H groups in total. The summed E-state index contributed by atoms with van der Waals surface area (Å²) >= 11 is 0. The van der Waals surface area contributed by atoms with Gasteiger partial charge in [-0.1, -0.05) is 92.3 Å². The molecule has 0 aromatic heterocycles. The van der Waals surface area contributed by atoms with E-state index in [1.165, 1.54) is 6.42 Å². The highest BCUT2D eigenvalue weighted by Gasteiger charge is 2.39. The number of rotatable bonds is 10. The molecule has 2 unspecified atom stereocenters. The van der Waals surface area contributed by atoms with Crippen LogP contribution in [0.5, 0.6) is 0 Å². The summed E-state index contributed by atoms with van der Waals surface area (Å²) in [4.78, 5) is 47.0. The molecule has 2 aromatic carbocycles. The Morgan fingerprint density at radius 3 is 1.89 bits per heavy atom. The van der Waals surface area contributed by atoms with Crippen LogP contribution in [0.15, 0.2) is 55.1 Å². The molecule has 1 saturated carbocycles. The van der Waals surface area contributed by atoms with Gasteiger partial charge in [0.05, 0.1) is 17.0 Å². The number of amides is 1. The van der Waals surface area contributed by atoms with Gasteiger partial charge in [0, 0.05) is 6.54 Å². The highest BCUT2D eigenvalue weighted by molar-refractivity contribution is 6.02. The van der Waals surface area contributed by atoms with Gasteiger partial charge in [0.25, 0.3) is 0 Å². The van der Waals surface area contributed by atoms with Crippen molar-refractivity contribution >= 4 is 30.1 Å². The van der Waals surface area contributed by atoms with Crippen LogP contribution in [-0.4, -0.2) is 43.8 Å². The van der Waals surface area contributed by atoms with Gasteiger partial charge in [-0.3, -0.25) is 4.79 Å². The highest BCUT2D eigenvalue weighted by atomic mass is 16.6. The standard InChI is InChI=1S/C19H18O3.C18H33NO4/c1-4-14-5-7-16(8-6-14)18(20)22-19(21)17-11-9-15(10-12-17)13(2)3;1-13(2)15(20)22-7-8-23-16(21)19-12-18(6)10-14(3)9-17(4,5)11-18/h4-13H,1H2,2-3H3;13-14H,7-12H2,1-6H3,(H,19,21).